The summed E-state index contributed by atoms with van der Waals surface area (Å²) in [6, 6.07) is 24.4. The van der Waals surface area contributed by atoms with E-state index in [0.29, 0.717) is 23.4 Å². The first-order chi connectivity index (χ1) is 16.1. The second kappa shape index (κ2) is 12.4. The molecule has 5 nitrogen and oxygen atoms in total. The summed E-state index contributed by atoms with van der Waals surface area (Å²) in [4.78, 5) is 27.4. The molecule has 0 atom stereocenters. The predicted molar refractivity (Wildman–Crippen MR) is 133 cm³/mol. The average molecular weight is 445 g/mol. The van der Waals surface area contributed by atoms with Gasteiger partial charge in [0.1, 0.15) is 5.75 Å². The van der Waals surface area contributed by atoms with Gasteiger partial charge in [-0.25, -0.2) is 0 Å². The third kappa shape index (κ3) is 7.21. The van der Waals surface area contributed by atoms with Crippen molar-refractivity contribution in [3.63, 3.8) is 0 Å². The van der Waals surface area contributed by atoms with Crippen molar-refractivity contribution in [2.45, 2.75) is 33.1 Å². The number of benzene rings is 3. The topological polar surface area (TPSA) is 58.6 Å². The van der Waals surface area contributed by atoms with Crippen LogP contribution in [-0.2, 0) is 6.42 Å². The molecule has 172 valence electrons. The summed E-state index contributed by atoms with van der Waals surface area (Å²) in [5, 5.41) is 2.89. The molecule has 0 spiro atoms. The third-order valence-corrected chi connectivity index (χ3v) is 5.26. The standard InChI is InChI=1S/C28H32N2O3/c1-3-18-30(19-4-2)28(32)24-11-8-12-25(21-24)29-27(31)23-13-15-26(16-14-23)33-20-17-22-9-6-5-7-10-22/h5-16,21H,3-4,17-20H2,1-2H3,(H,29,31). The van der Waals surface area contributed by atoms with Crippen LogP contribution in [0.15, 0.2) is 78.9 Å². The SMILES string of the molecule is CCCN(CCC)C(=O)c1cccc(NC(=O)c2ccc(OCCc3ccccc3)cc2)c1. The Morgan fingerprint density at radius 3 is 2.18 bits per heavy atom. The highest BCUT2D eigenvalue weighted by Gasteiger charge is 2.15. The van der Waals surface area contributed by atoms with E-state index in [9.17, 15) is 9.59 Å². The van der Waals surface area contributed by atoms with Crippen molar-refractivity contribution in [1.29, 1.82) is 0 Å². The van der Waals surface area contributed by atoms with Crippen LogP contribution in [0.3, 0.4) is 0 Å². The fourth-order valence-electron chi connectivity index (χ4n) is 3.60. The molecular weight excluding hydrogens is 412 g/mol. The van der Waals surface area contributed by atoms with E-state index in [0.717, 1.165) is 38.1 Å². The van der Waals surface area contributed by atoms with Gasteiger partial charge in [0.2, 0.25) is 0 Å². The van der Waals surface area contributed by atoms with Crippen LogP contribution in [0.25, 0.3) is 0 Å². The smallest absolute Gasteiger partial charge is 0.255 e. The second-order valence-electron chi connectivity index (χ2n) is 7.94. The first-order valence-electron chi connectivity index (χ1n) is 11.6. The van der Waals surface area contributed by atoms with Gasteiger partial charge < -0.3 is 15.0 Å². The molecule has 0 fully saturated rings. The molecule has 1 N–H and O–H groups in total. The lowest BCUT2D eigenvalue weighted by Gasteiger charge is -2.21. The van der Waals surface area contributed by atoms with Crippen molar-refractivity contribution < 1.29 is 14.3 Å². The van der Waals surface area contributed by atoms with Crippen molar-refractivity contribution in [1.82, 2.24) is 4.90 Å². The van der Waals surface area contributed by atoms with Gasteiger partial charge >= 0.3 is 0 Å². The van der Waals surface area contributed by atoms with Gasteiger partial charge in [-0.2, -0.15) is 0 Å². The Morgan fingerprint density at radius 1 is 0.818 bits per heavy atom. The maximum Gasteiger partial charge on any atom is 0.255 e. The summed E-state index contributed by atoms with van der Waals surface area (Å²) in [6.45, 7) is 6.15. The van der Waals surface area contributed by atoms with Crippen LogP contribution in [-0.4, -0.2) is 36.4 Å². The van der Waals surface area contributed by atoms with Crippen molar-refractivity contribution >= 4 is 17.5 Å². The summed E-state index contributed by atoms with van der Waals surface area (Å²) < 4.78 is 5.79. The predicted octanol–water partition coefficient (Wildman–Crippen LogP) is 5.82. The number of nitrogens with zero attached hydrogens (tertiary/aromatic N) is 1. The Bertz CT molecular complexity index is 1030. The van der Waals surface area contributed by atoms with E-state index in [1.165, 1.54) is 5.56 Å². The molecule has 0 aromatic heterocycles. The number of rotatable bonds is 11. The highest BCUT2D eigenvalue weighted by molar-refractivity contribution is 6.05. The van der Waals surface area contributed by atoms with E-state index in [-0.39, 0.29) is 11.8 Å². The van der Waals surface area contributed by atoms with Gasteiger partial charge in [-0.15, -0.1) is 0 Å². The Morgan fingerprint density at radius 2 is 1.52 bits per heavy atom. The van der Waals surface area contributed by atoms with Crippen molar-refractivity contribution in [2.24, 2.45) is 0 Å². The van der Waals surface area contributed by atoms with Gasteiger partial charge in [0.25, 0.3) is 11.8 Å². The quantitative estimate of drug-likeness (QED) is 0.405. The summed E-state index contributed by atoms with van der Waals surface area (Å²) in [5.41, 5.74) is 2.93. The van der Waals surface area contributed by atoms with Crippen LogP contribution in [0.5, 0.6) is 5.75 Å². The molecule has 3 aromatic carbocycles. The molecule has 33 heavy (non-hydrogen) atoms. The van der Waals surface area contributed by atoms with Crippen LogP contribution in [0.4, 0.5) is 5.69 Å². The minimum atomic E-state index is -0.227. The van der Waals surface area contributed by atoms with Gasteiger partial charge in [0.05, 0.1) is 6.61 Å². The Kier molecular flexibility index (Phi) is 9.07. The Balaban J connectivity index is 1.57. The molecule has 0 saturated heterocycles. The van der Waals surface area contributed by atoms with Crippen LogP contribution in [0, 0.1) is 0 Å². The normalized spacial score (nSPS) is 10.5. The molecule has 0 aliphatic rings. The fraction of sp³-hybridized carbons (Fsp3) is 0.286. The number of carbonyl (C=O) groups excluding carboxylic acids is 2. The zero-order chi connectivity index (χ0) is 23.5. The molecule has 0 heterocycles. The van der Waals surface area contributed by atoms with Crippen molar-refractivity contribution in [3.05, 3.63) is 95.6 Å². The van der Waals surface area contributed by atoms with Crippen molar-refractivity contribution in [3.8, 4) is 5.75 Å². The Hall–Kier alpha value is -3.60. The van der Waals surface area contributed by atoms with Gasteiger partial charge in [-0.05, 0) is 60.9 Å². The van der Waals surface area contributed by atoms with E-state index < -0.39 is 0 Å². The summed E-state index contributed by atoms with van der Waals surface area (Å²) in [6.07, 6.45) is 2.65. The number of hydrogen-bond donors (Lipinski definition) is 1. The van der Waals surface area contributed by atoms with Crippen LogP contribution in [0.2, 0.25) is 0 Å². The summed E-state index contributed by atoms with van der Waals surface area (Å²) in [7, 11) is 0. The largest absolute Gasteiger partial charge is 0.493 e. The number of carbonyl (C=O) groups is 2. The molecular formula is C28H32N2O3. The van der Waals surface area contributed by atoms with E-state index in [4.69, 9.17) is 4.74 Å². The molecule has 0 unspecified atom stereocenters. The third-order valence-electron chi connectivity index (χ3n) is 5.26. The number of ether oxygens (including phenoxy) is 1. The minimum absolute atomic E-state index is 0.00759. The zero-order valence-corrected chi connectivity index (χ0v) is 19.4. The van der Waals surface area contributed by atoms with E-state index in [1.54, 1.807) is 48.5 Å². The average Bonchev–Trinajstić information content (AvgIpc) is 2.85. The molecule has 0 aliphatic heterocycles. The zero-order valence-electron chi connectivity index (χ0n) is 19.4. The molecule has 0 bridgehead atoms. The van der Waals surface area contributed by atoms with Gasteiger partial charge in [-0.3, -0.25) is 9.59 Å². The lowest BCUT2D eigenvalue weighted by atomic mass is 10.1. The molecule has 3 rings (SSSR count). The lowest BCUT2D eigenvalue weighted by molar-refractivity contribution is 0.0755. The van der Waals surface area contributed by atoms with E-state index in [1.807, 2.05) is 23.1 Å². The molecule has 0 saturated carbocycles. The van der Waals surface area contributed by atoms with Gasteiger partial charge in [-0.1, -0.05) is 50.2 Å². The fourth-order valence-corrected chi connectivity index (χ4v) is 3.60. The maximum absolute atomic E-state index is 12.8. The Labute approximate surface area is 196 Å². The maximum atomic E-state index is 12.8. The van der Waals surface area contributed by atoms with E-state index >= 15 is 0 Å². The number of amides is 2. The van der Waals surface area contributed by atoms with E-state index in [2.05, 4.69) is 31.3 Å². The highest BCUT2D eigenvalue weighted by Crippen LogP contribution is 2.17. The van der Waals surface area contributed by atoms with Crippen LogP contribution < -0.4 is 10.1 Å². The first-order valence-corrected chi connectivity index (χ1v) is 11.6. The first kappa shape index (κ1) is 24.1. The minimum Gasteiger partial charge on any atom is -0.493 e. The molecule has 5 heteroatoms. The van der Waals surface area contributed by atoms with Crippen LogP contribution in [0.1, 0.15) is 53.0 Å². The molecule has 3 aromatic rings. The molecule has 2 amide bonds. The number of hydrogen-bond acceptors (Lipinski definition) is 3. The highest BCUT2D eigenvalue weighted by atomic mass is 16.5. The molecule has 0 radical (unpaired) electrons. The van der Waals surface area contributed by atoms with Gasteiger partial charge in [0, 0.05) is 36.3 Å². The number of anilines is 1. The summed E-state index contributed by atoms with van der Waals surface area (Å²) >= 11 is 0. The monoisotopic (exact) mass is 444 g/mol. The summed E-state index contributed by atoms with van der Waals surface area (Å²) in [5.74, 6) is 0.489. The van der Waals surface area contributed by atoms with Crippen molar-refractivity contribution in [2.75, 3.05) is 25.0 Å². The lowest BCUT2D eigenvalue weighted by Crippen LogP contribution is -2.32. The van der Waals surface area contributed by atoms with Crippen LogP contribution >= 0.6 is 0 Å². The van der Waals surface area contributed by atoms with Gasteiger partial charge in [0.15, 0.2) is 0 Å². The number of nitrogens with one attached hydrogen (secondary N) is 1. The molecule has 0 aliphatic carbocycles. The second-order valence-corrected chi connectivity index (χ2v) is 7.94.